The Balaban J connectivity index is 1.25. The van der Waals surface area contributed by atoms with E-state index in [2.05, 4.69) is 94.7 Å². The van der Waals surface area contributed by atoms with Gasteiger partial charge in [0.15, 0.2) is 11.9 Å². The van der Waals surface area contributed by atoms with E-state index >= 15 is 0 Å². The fraction of sp³-hybridized carbons (Fsp3) is 0.0455. The van der Waals surface area contributed by atoms with Crippen molar-refractivity contribution in [2.24, 2.45) is 0 Å². The molecular weight excluding hydrogens is 604 g/mol. The Labute approximate surface area is 285 Å². The monoisotopic (exact) mass is 636 g/mol. The fourth-order valence-corrected chi connectivity index (χ4v) is 7.26. The third-order valence-electron chi connectivity index (χ3n) is 9.38. The van der Waals surface area contributed by atoms with Gasteiger partial charge in [0.1, 0.15) is 11.5 Å². The number of benzene rings is 7. The van der Waals surface area contributed by atoms with E-state index in [4.69, 9.17) is 9.47 Å². The van der Waals surface area contributed by atoms with Crippen LogP contribution in [0.1, 0.15) is 28.5 Å². The number of hydrogen-bond acceptors (Lipinski definition) is 5. The van der Waals surface area contributed by atoms with Gasteiger partial charge < -0.3 is 24.4 Å². The molecule has 1 spiro atoms. The molecule has 5 nitrogen and oxygen atoms in total. The van der Waals surface area contributed by atoms with Crippen LogP contribution in [0.2, 0.25) is 0 Å². The van der Waals surface area contributed by atoms with Crippen molar-refractivity contribution in [3.63, 3.8) is 0 Å². The van der Waals surface area contributed by atoms with Crippen LogP contribution in [0.15, 0.2) is 182 Å². The Morgan fingerprint density at radius 1 is 0.408 bits per heavy atom. The second-order valence-corrected chi connectivity index (χ2v) is 12.2. The van der Waals surface area contributed by atoms with Crippen LogP contribution in [0.3, 0.4) is 0 Å². The summed E-state index contributed by atoms with van der Waals surface area (Å²) in [6.45, 7) is 0. The van der Waals surface area contributed by atoms with Gasteiger partial charge in [-0.15, -0.1) is 0 Å². The first-order valence-electron chi connectivity index (χ1n) is 16.4. The van der Waals surface area contributed by atoms with E-state index in [1.165, 1.54) is 0 Å². The van der Waals surface area contributed by atoms with E-state index in [1.54, 1.807) is 0 Å². The molecule has 0 fully saturated rings. The Kier molecular flexibility index (Phi) is 7.01. The number of rotatable bonds is 6. The number of hydrogen-bond donors (Lipinski definition) is 1. The maximum Gasteiger partial charge on any atom is 0.183 e. The van der Waals surface area contributed by atoms with Crippen molar-refractivity contribution in [3.8, 4) is 11.5 Å². The van der Waals surface area contributed by atoms with Gasteiger partial charge in [-0.1, -0.05) is 97.1 Å². The highest BCUT2D eigenvalue weighted by atomic mass is 16.6. The Bertz CT molecular complexity index is 2050. The number of nitrogens with zero attached hydrogens (tertiary/aromatic N) is 2. The molecule has 5 heteroatoms. The Morgan fingerprint density at radius 2 is 0.796 bits per heavy atom. The van der Waals surface area contributed by atoms with E-state index in [9.17, 15) is 5.11 Å². The average molecular weight is 637 g/mol. The predicted octanol–water partition coefficient (Wildman–Crippen LogP) is 11.0. The molecule has 0 amide bonds. The maximum atomic E-state index is 11.4. The summed E-state index contributed by atoms with van der Waals surface area (Å²) in [6, 6.07) is 61.7. The molecule has 7 aromatic carbocycles. The fourth-order valence-electron chi connectivity index (χ4n) is 7.26. The number of anilines is 6. The average Bonchev–Trinajstić information content (AvgIpc) is 3.45. The standard InChI is InChI=1S/C44H32N2O3/c47-43-37-23-13-14-24-38(37)44(49-43)39-27-25-35(45(31-15-5-1-6-16-31)32-17-7-2-8-18-32)29-41(39)48-42-30-36(26-28-40(42)44)46(33-19-9-3-10-20-33)34-21-11-4-12-22-34/h1-30,43,47H. The zero-order chi connectivity index (χ0) is 32.8. The van der Waals surface area contributed by atoms with Crippen LogP contribution in [0.25, 0.3) is 0 Å². The quantitative estimate of drug-likeness (QED) is 0.197. The second-order valence-electron chi connectivity index (χ2n) is 12.2. The topological polar surface area (TPSA) is 45.2 Å². The summed E-state index contributed by atoms with van der Waals surface area (Å²) in [5.74, 6) is 1.32. The van der Waals surface area contributed by atoms with Crippen molar-refractivity contribution < 1.29 is 14.6 Å². The highest BCUT2D eigenvalue weighted by molar-refractivity contribution is 5.81. The van der Waals surface area contributed by atoms with E-state index in [0.29, 0.717) is 11.5 Å². The summed E-state index contributed by atoms with van der Waals surface area (Å²) >= 11 is 0. The van der Waals surface area contributed by atoms with E-state index < -0.39 is 11.9 Å². The molecule has 0 bridgehead atoms. The van der Waals surface area contributed by atoms with Crippen LogP contribution in [0.4, 0.5) is 34.1 Å². The lowest BCUT2D eigenvalue weighted by Crippen LogP contribution is -2.33. The van der Waals surface area contributed by atoms with E-state index in [0.717, 1.165) is 56.4 Å². The maximum absolute atomic E-state index is 11.4. The largest absolute Gasteiger partial charge is 0.456 e. The highest BCUT2D eigenvalue weighted by Gasteiger charge is 2.52. The van der Waals surface area contributed by atoms with Gasteiger partial charge in [-0.3, -0.25) is 0 Å². The molecule has 2 aliphatic rings. The number of aliphatic hydroxyl groups excluding tert-OH is 1. The molecule has 0 radical (unpaired) electrons. The summed E-state index contributed by atoms with van der Waals surface area (Å²) < 4.78 is 13.6. The lowest BCUT2D eigenvalue weighted by molar-refractivity contribution is -0.142. The van der Waals surface area contributed by atoms with Gasteiger partial charge in [-0.25, -0.2) is 0 Å². The van der Waals surface area contributed by atoms with Gasteiger partial charge >= 0.3 is 0 Å². The molecule has 0 saturated carbocycles. The SMILES string of the molecule is OC1OC2(c3ccc(N(c4ccccc4)c4ccccc4)cc3Oc3cc(N(c4ccccc4)c4ccccc4)ccc32)c2ccccc21. The minimum Gasteiger partial charge on any atom is -0.456 e. The van der Waals surface area contributed by atoms with Crippen molar-refractivity contribution in [2.45, 2.75) is 11.9 Å². The molecule has 0 aliphatic carbocycles. The summed E-state index contributed by atoms with van der Waals surface area (Å²) in [4.78, 5) is 4.43. The van der Waals surface area contributed by atoms with Gasteiger partial charge in [0.05, 0.1) is 0 Å². The van der Waals surface area contributed by atoms with Gasteiger partial charge in [0, 0.05) is 68.5 Å². The van der Waals surface area contributed by atoms with Gasteiger partial charge in [0.25, 0.3) is 0 Å². The molecule has 7 aromatic rings. The molecule has 1 atom stereocenters. The minimum absolute atomic E-state index is 0.661. The van der Waals surface area contributed by atoms with Gasteiger partial charge in [-0.05, 0) is 72.8 Å². The predicted molar refractivity (Wildman–Crippen MR) is 195 cm³/mol. The van der Waals surface area contributed by atoms with Crippen molar-refractivity contribution in [1.82, 2.24) is 0 Å². The molecule has 1 unspecified atom stereocenters. The van der Waals surface area contributed by atoms with Crippen molar-refractivity contribution in [3.05, 3.63) is 204 Å². The summed E-state index contributed by atoms with van der Waals surface area (Å²) in [7, 11) is 0. The zero-order valence-electron chi connectivity index (χ0n) is 26.6. The minimum atomic E-state index is -1.09. The van der Waals surface area contributed by atoms with E-state index in [-0.39, 0.29) is 0 Å². The number of para-hydroxylation sites is 4. The molecule has 236 valence electrons. The molecule has 49 heavy (non-hydrogen) atoms. The Morgan fingerprint density at radius 3 is 1.22 bits per heavy atom. The van der Waals surface area contributed by atoms with Crippen LogP contribution in [-0.2, 0) is 10.3 Å². The molecule has 1 N–H and O–H groups in total. The van der Waals surface area contributed by atoms with Crippen molar-refractivity contribution in [1.29, 1.82) is 0 Å². The summed E-state index contributed by atoms with van der Waals surface area (Å²) in [6.07, 6.45) is -1.09. The van der Waals surface area contributed by atoms with Crippen LogP contribution in [-0.4, -0.2) is 5.11 Å². The lowest BCUT2D eigenvalue weighted by Gasteiger charge is -2.39. The number of ether oxygens (including phenoxy) is 2. The number of fused-ring (bicyclic) bond motifs is 6. The number of aliphatic hydroxyl groups is 1. The van der Waals surface area contributed by atoms with Crippen LogP contribution in [0, 0.1) is 0 Å². The van der Waals surface area contributed by atoms with Crippen LogP contribution >= 0.6 is 0 Å². The molecule has 0 saturated heterocycles. The van der Waals surface area contributed by atoms with Crippen molar-refractivity contribution >= 4 is 34.1 Å². The first-order valence-corrected chi connectivity index (χ1v) is 16.4. The molecule has 2 aliphatic heterocycles. The Hall–Kier alpha value is -6.14. The van der Waals surface area contributed by atoms with Gasteiger partial charge in [-0.2, -0.15) is 0 Å². The summed E-state index contributed by atoms with van der Waals surface area (Å²) in [5.41, 5.74) is 8.24. The van der Waals surface area contributed by atoms with Crippen LogP contribution in [0.5, 0.6) is 11.5 Å². The summed E-state index contributed by atoms with van der Waals surface area (Å²) in [5, 5.41) is 11.4. The van der Waals surface area contributed by atoms with E-state index in [1.807, 2.05) is 97.1 Å². The first-order chi connectivity index (χ1) is 24.2. The molecule has 2 heterocycles. The van der Waals surface area contributed by atoms with Crippen molar-refractivity contribution in [2.75, 3.05) is 9.80 Å². The molecule has 0 aromatic heterocycles. The molecular formula is C44H32N2O3. The smallest absolute Gasteiger partial charge is 0.183 e. The van der Waals surface area contributed by atoms with Gasteiger partial charge in [0.2, 0.25) is 0 Å². The second kappa shape index (κ2) is 11.8. The highest BCUT2D eigenvalue weighted by Crippen LogP contribution is 2.59. The third-order valence-corrected chi connectivity index (χ3v) is 9.38. The normalized spacial score (nSPS) is 15.1. The van der Waals surface area contributed by atoms with Crippen LogP contribution < -0.4 is 14.5 Å². The third kappa shape index (κ3) is 4.79. The lowest BCUT2D eigenvalue weighted by atomic mass is 9.77. The first kappa shape index (κ1) is 29.0. The molecule has 9 rings (SSSR count). The zero-order valence-corrected chi connectivity index (χ0v) is 26.6.